The summed E-state index contributed by atoms with van der Waals surface area (Å²) in [6, 6.07) is 17.0. The van der Waals surface area contributed by atoms with Crippen LogP contribution in [0.4, 0.5) is 5.69 Å². The third-order valence-corrected chi connectivity index (χ3v) is 10.6. The first kappa shape index (κ1) is 33.9. The van der Waals surface area contributed by atoms with E-state index in [1.807, 2.05) is 32.0 Å². The molecule has 0 bridgehead atoms. The van der Waals surface area contributed by atoms with E-state index in [1.165, 1.54) is 47.4 Å². The smallest absolute Gasteiger partial charge is 0.251 e. The van der Waals surface area contributed by atoms with Gasteiger partial charge in [0.15, 0.2) is 11.0 Å². The van der Waals surface area contributed by atoms with Gasteiger partial charge in [0.1, 0.15) is 11.5 Å². The molecular weight excluding hydrogens is 641 g/mol. The molecule has 0 saturated carbocycles. The van der Waals surface area contributed by atoms with E-state index in [-0.39, 0.29) is 23.1 Å². The Balaban J connectivity index is 1.35. The Morgan fingerprint density at radius 3 is 2.36 bits per heavy atom. The minimum Gasteiger partial charge on any atom is -0.497 e. The molecule has 1 aliphatic heterocycles. The van der Waals surface area contributed by atoms with E-state index in [1.54, 1.807) is 29.9 Å². The summed E-state index contributed by atoms with van der Waals surface area (Å²) in [5.74, 6) is 0.874. The van der Waals surface area contributed by atoms with Gasteiger partial charge in [0.2, 0.25) is 15.9 Å². The van der Waals surface area contributed by atoms with Gasteiger partial charge in [0.25, 0.3) is 5.91 Å². The number of anilines is 1. The third-order valence-electron chi connectivity index (χ3n) is 7.80. The number of ether oxygens (including phenoxy) is 2. The van der Waals surface area contributed by atoms with Gasteiger partial charge in [-0.3, -0.25) is 14.2 Å². The van der Waals surface area contributed by atoms with Crippen molar-refractivity contribution in [2.45, 2.75) is 49.7 Å². The van der Waals surface area contributed by atoms with Crippen LogP contribution in [0.3, 0.4) is 0 Å². The van der Waals surface area contributed by atoms with Crippen LogP contribution in [-0.4, -0.2) is 72.4 Å². The monoisotopic (exact) mass is 678 g/mol. The second-order valence-electron chi connectivity index (χ2n) is 11.1. The highest BCUT2D eigenvalue weighted by Gasteiger charge is 2.26. The van der Waals surface area contributed by atoms with E-state index in [0.29, 0.717) is 46.8 Å². The molecule has 5 rings (SSSR count). The molecule has 1 aliphatic rings. The van der Waals surface area contributed by atoms with Gasteiger partial charge in [0, 0.05) is 30.4 Å². The number of carbonyl (C=O) groups excluding carboxylic acids is 2. The largest absolute Gasteiger partial charge is 0.497 e. The molecular formula is C33H38N6O6S2. The average molecular weight is 679 g/mol. The summed E-state index contributed by atoms with van der Waals surface area (Å²) in [6.07, 6.45) is 2.70. The minimum atomic E-state index is -3.61. The Bertz CT molecular complexity index is 1850. The Kier molecular flexibility index (Phi) is 10.8. The summed E-state index contributed by atoms with van der Waals surface area (Å²) >= 11 is 1.19. The van der Waals surface area contributed by atoms with Crippen LogP contribution in [-0.2, 0) is 21.4 Å². The van der Waals surface area contributed by atoms with Crippen LogP contribution in [0.25, 0.3) is 5.69 Å². The van der Waals surface area contributed by atoms with Gasteiger partial charge in [0.05, 0.1) is 37.1 Å². The fourth-order valence-corrected chi connectivity index (χ4v) is 7.48. The zero-order valence-corrected chi connectivity index (χ0v) is 28.4. The van der Waals surface area contributed by atoms with Gasteiger partial charge in [-0.1, -0.05) is 30.3 Å². The highest BCUT2D eigenvalue weighted by atomic mass is 32.2. The number of nitrogens with zero attached hydrogens (tertiary/aromatic N) is 4. The van der Waals surface area contributed by atoms with E-state index in [9.17, 15) is 18.0 Å². The lowest BCUT2D eigenvalue weighted by Gasteiger charge is -2.25. The molecule has 0 unspecified atom stereocenters. The van der Waals surface area contributed by atoms with E-state index in [0.717, 1.165) is 36.1 Å². The second kappa shape index (κ2) is 15.0. The summed E-state index contributed by atoms with van der Waals surface area (Å²) < 4.78 is 40.3. The number of hydrogen-bond donors (Lipinski definition) is 2. The summed E-state index contributed by atoms with van der Waals surface area (Å²) in [5, 5.41) is 14.9. The third kappa shape index (κ3) is 7.95. The molecule has 0 aliphatic carbocycles. The number of piperidine rings is 1. The van der Waals surface area contributed by atoms with Crippen molar-refractivity contribution in [1.82, 2.24) is 24.4 Å². The number of hydrogen-bond acceptors (Lipinski definition) is 9. The molecule has 3 aromatic carbocycles. The molecule has 1 aromatic heterocycles. The van der Waals surface area contributed by atoms with Crippen LogP contribution in [0.5, 0.6) is 11.5 Å². The van der Waals surface area contributed by atoms with Crippen molar-refractivity contribution in [2.24, 2.45) is 0 Å². The molecule has 2 heterocycles. The second-order valence-corrected chi connectivity index (χ2v) is 14.0. The van der Waals surface area contributed by atoms with Gasteiger partial charge in [-0.2, -0.15) is 4.31 Å². The molecule has 0 spiro atoms. The SMILES string of the molecule is COc1ccc(OC)c(-n2c(CNC(=O)c3ccc(S(=O)(=O)N4CCCCC4)cc3)nnc2SCC(=O)Nc2cc(C)ccc2C)c1. The molecule has 14 heteroatoms. The molecule has 2 amide bonds. The number of methoxy groups -OCH3 is 2. The maximum Gasteiger partial charge on any atom is 0.251 e. The lowest BCUT2D eigenvalue weighted by molar-refractivity contribution is -0.113. The number of amides is 2. The molecule has 1 saturated heterocycles. The number of sulfonamides is 1. The van der Waals surface area contributed by atoms with Crippen LogP contribution in [0.2, 0.25) is 0 Å². The number of rotatable bonds is 12. The number of carbonyl (C=O) groups is 2. The number of nitrogens with one attached hydrogen (secondary N) is 2. The van der Waals surface area contributed by atoms with Crippen molar-refractivity contribution in [3.05, 3.63) is 83.2 Å². The molecule has 47 heavy (non-hydrogen) atoms. The van der Waals surface area contributed by atoms with Crippen molar-refractivity contribution in [3.63, 3.8) is 0 Å². The lowest BCUT2D eigenvalue weighted by atomic mass is 10.1. The van der Waals surface area contributed by atoms with Gasteiger partial charge in [-0.05, 0) is 80.3 Å². The molecule has 2 N–H and O–H groups in total. The number of aryl methyl sites for hydroxylation is 2. The van der Waals surface area contributed by atoms with Crippen LogP contribution in [0.1, 0.15) is 46.6 Å². The molecule has 0 radical (unpaired) electrons. The van der Waals surface area contributed by atoms with Gasteiger partial charge in [-0.25, -0.2) is 8.42 Å². The van der Waals surface area contributed by atoms with Crippen molar-refractivity contribution < 1.29 is 27.5 Å². The topological polar surface area (TPSA) is 145 Å². The predicted octanol–water partition coefficient (Wildman–Crippen LogP) is 4.74. The van der Waals surface area contributed by atoms with Crippen molar-refractivity contribution in [1.29, 1.82) is 0 Å². The standard InChI is InChI=1S/C33H38N6O6S2/c1-22-8-9-23(2)27(18-22)35-31(40)21-46-33-37-36-30(39(33)28-19-25(44-3)12-15-29(28)45-4)20-34-32(41)24-10-13-26(14-11-24)47(42,43)38-16-6-5-7-17-38/h8-15,18-19H,5-7,16-17,20-21H2,1-4H3,(H,34,41)(H,35,40). The lowest BCUT2D eigenvalue weighted by Crippen LogP contribution is -2.35. The summed E-state index contributed by atoms with van der Waals surface area (Å²) in [4.78, 5) is 26.3. The van der Waals surface area contributed by atoms with Crippen molar-refractivity contribution >= 4 is 39.3 Å². The maximum absolute atomic E-state index is 13.2. The van der Waals surface area contributed by atoms with Crippen LogP contribution in [0.15, 0.2) is 70.7 Å². The van der Waals surface area contributed by atoms with Crippen molar-refractivity contribution in [2.75, 3.05) is 38.4 Å². The van der Waals surface area contributed by atoms with E-state index in [2.05, 4.69) is 20.8 Å². The van der Waals surface area contributed by atoms with Crippen LogP contribution in [0, 0.1) is 13.8 Å². The molecule has 12 nitrogen and oxygen atoms in total. The highest BCUT2D eigenvalue weighted by Crippen LogP contribution is 2.32. The van der Waals surface area contributed by atoms with Crippen molar-refractivity contribution in [3.8, 4) is 17.2 Å². The van der Waals surface area contributed by atoms with Gasteiger partial charge < -0.3 is 20.1 Å². The zero-order valence-electron chi connectivity index (χ0n) is 26.8. The Labute approximate surface area is 278 Å². The number of thioether (sulfide) groups is 1. The summed E-state index contributed by atoms with van der Waals surface area (Å²) in [5.41, 5.74) is 3.59. The molecule has 248 valence electrons. The first-order valence-electron chi connectivity index (χ1n) is 15.2. The first-order valence-corrected chi connectivity index (χ1v) is 17.6. The maximum atomic E-state index is 13.2. The molecule has 4 aromatic rings. The zero-order chi connectivity index (χ0) is 33.6. The normalized spacial score (nSPS) is 13.6. The number of aromatic nitrogens is 3. The van der Waals surface area contributed by atoms with Crippen LogP contribution >= 0.6 is 11.8 Å². The fourth-order valence-electron chi connectivity index (χ4n) is 5.20. The van der Waals surface area contributed by atoms with Crippen LogP contribution < -0.4 is 20.1 Å². The fraction of sp³-hybridized carbons (Fsp3) is 0.333. The van der Waals surface area contributed by atoms with Gasteiger partial charge >= 0.3 is 0 Å². The van der Waals surface area contributed by atoms with E-state index < -0.39 is 15.9 Å². The minimum absolute atomic E-state index is 0.0186. The Morgan fingerprint density at radius 1 is 0.915 bits per heavy atom. The summed E-state index contributed by atoms with van der Waals surface area (Å²) in [6.45, 7) is 4.88. The van der Waals surface area contributed by atoms with Gasteiger partial charge in [-0.15, -0.1) is 10.2 Å². The molecule has 1 fully saturated rings. The summed E-state index contributed by atoms with van der Waals surface area (Å²) in [7, 11) is -0.523. The average Bonchev–Trinajstić information content (AvgIpc) is 3.50. The number of benzene rings is 3. The Hall–Kier alpha value is -4.40. The molecule has 0 atom stereocenters. The van der Waals surface area contributed by atoms with E-state index in [4.69, 9.17) is 9.47 Å². The van der Waals surface area contributed by atoms with E-state index >= 15 is 0 Å². The predicted molar refractivity (Wildman–Crippen MR) is 180 cm³/mol. The quantitative estimate of drug-likeness (QED) is 0.203. The Morgan fingerprint density at radius 2 is 1.66 bits per heavy atom. The first-order chi connectivity index (χ1) is 22.6. The highest BCUT2D eigenvalue weighted by molar-refractivity contribution is 7.99.